The predicted octanol–water partition coefficient (Wildman–Crippen LogP) is 3.18. The van der Waals surface area contributed by atoms with E-state index in [1.807, 2.05) is 13.8 Å². The van der Waals surface area contributed by atoms with Gasteiger partial charge < -0.3 is 10.8 Å². The number of hydrogen-bond acceptors (Lipinski definition) is 6. The van der Waals surface area contributed by atoms with E-state index in [0.717, 1.165) is 0 Å². The van der Waals surface area contributed by atoms with Crippen molar-refractivity contribution in [1.82, 2.24) is 4.72 Å². The number of phenols is 1. The van der Waals surface area contributed by atoms with E-state index >= 15 is 0 Å². The van der Waals surface area contributed by atoms with E-state index in [1.54, 1.807) is 37.3 Å². The van der Waals surface area contributed by atoms with Crippen molar-refractivity contribution in [3.63, 3.8) is 0 Å². The number of phenolic OH excluding ortho intramolecular Hbond substituents is 1. The smallest absolute Gasteiger partial charge is 0.320 e. The maximum Gasteiger partial charge on any atom is 0.320 e. The molecule has 29 heavy (non-hydrogen) atoms. The summed E-state index contributed by atoms with van der Waals surface area (Å²) in [4.78, 5) is 10.6. The van der Waals surface area contributed by atoms with E-state index in [1.165, 1.54) is 6.07 Å². The number of nitro benzene ring substituents is 1. The molecule has 0 saturated carbocycles. The zero-order valence-corrected chi connectivity index (χ0v) is 17.6. The molecule has 1 atom stereocenters. The van der Waals surface area contributed by atoms with Gasteiger partial charge in [-0.05, 0) is 42.9 Å². The van der Waals surface area contributed by atoms with Gasteiger partial charge in [0.05, 0.1) is 10.5 Å². The number of aryl methyl sites for hydroxylation is 1. The highest BCUT2D eigenvalue weighted by Crippen LogP contribution is 2.44. The van der Waals surface area contributed by atoms with E-state index in [4.69, 9.17) is 5.73 Å². The van der Waals surface area contributed by atoms with Gasteiger partial charge in [-0.3, -0.25) is 10.1 Å². The number of nitrogens with one attached hydrogen (secondary N) is 1. The number of nitrogens with two attached hydrogens (primary N) is 1. The Labute approximate surface area is 171 Å². The minimum atomic E-state index is -4.14. The highest BCUT2D eigenvalue weighted by Gasteiger charge is 2.32. The second-order valence-electron chi connectivity index (χ2n) is 7.49. The van der Waals surface area contributed by atoms with Gasteiger partial charge in [-0.2, -0.15) is 0 Å². The van der Waals surface area contributed by atoms with Gasteiger partial charge in [-0.1, -0.05) is 44.2 Å². The standard InChI is InChI=1S/C20H27N3O5S/c1-13(2)12-22-29(27,28)17-11-16(10-9-14(3)21)18(15-7-5-4-6-8-15)19(20(17)24)23(25)26/h4-8,11,13-14,22,24H,9-10,12,21H2,1-3H3. The summed E-state index contributed by atoms with van der Waals surface area (Å²) in [6.07, 6.45) is 0.830. The maximum atomic E-state index is 12.8. The highest BCUT2D eigenvalue weighted by atomic mass is 32.2. The Balaban J connectivity index is 2.77. The molecular weight excluding hydrogens is 394 g/mol. The highest BCUT2D eigenvalue weighted by molar-refractivity contribution is 7.89. The Hall–Kier alpha value is -2.49. The van der Waals surface area contributed by atoms with Crippen LogP contribution in [0.4, 0.5) is 5.69 Å². The largest absolute Gasteiger partial charge is 0.501 e. The Morgan fingerprint density at radius 2 is 1.83 bits per heavy atom. The van der Waals surface area contributed by atoms with Gasteiger partial charge in [-0.15, -0.1) is 0 Å². The summed E-state index contributed by atoms with van der Waals surface area (Å²) >= 11 is 0. The molecule has 0 saturated heterocycles. The molecular formula is C20H27N3O5S. The molecule has 0 aliphatic carbocycles. The SMILES string of the molecule is CC(C)CNS(=O)(=O)c1cc(CCC(C)N)c(-c2ccccc2)c([N+](=O)[O-])c1O. The second kappa shape index (κ2) is 9.34. The molecule has 0 aliphatic rings. The Kier molecular flexibility index (Phi) is 7.34. The number of hydrogen-bond donors (Lipinski definition) is 3. The van der Waals surface area contributed by atoms with E-state index in [9.17, 15) is 23.6 Å². The third-order valence-corrected chi connectivity index (χ3v) is 5.84. The van der Waals surface area contributed by atoms with Crippen molar-refractivity contribution < 1.29 is 18.4 Å². The Bertz CT molecular complexity index is 973. The molecule has 4 N–H and O–H groups in total. The number of benzene rings is 2. The van der Waals surface area contributed by atoms with Gasteiger partial charge in [0.2, 0.25) is 15.8 Å². The summed E-state index contributed by atoms with van der Waals surface area (Å²) in [6, 6.07) is 9.72. The first-order valence-electron chi connectivity index (χ1n) is 9.38. The van der Waals surface area contributed by atoms with Crippen LogP contribution in [0.1, 0.15) is 32.8 Å². The molecule has 0 heterocycles. The maximum absolute atomic E-state index is 12.8. The lowest BCUT2D eigenvalue weighted by molar-refractivity contribution is -0.385. The van der Waals surface area contributed by atoms with E-state index in [0.29, 0.717) is 24.0 Å². The Morgan fingerprint density at radius 3 is 2.34 bits per heavy atom. The van der Waals surface area contributed by atoms with E-state index in [-0.39, 0.29) is 24.1 Å². The molecule has 0 fully saturated rings. The van der Waals surface area contributed by atoms with Crippen molar-refractivity contribution in [1.29, 1.82) is 0 Å². The fraction of sp³-hybridized carbons (Fsp3) is 0.400. The van der Waals surface area contributed by atoms with Crippen LogP contribution < -0.4 is 10.5 Å². The molecule has 2 aromatic rings. The Morgan fingerprint density at radius 1 is 1.21 bits per heavy atom. The topological polar surface area (TPSA) is 136 Å². The predicted molar refractivity (Wildman–Crippen MR) is 112 cm³/mol. The average Bonchev–Trinajstić information content (AvgIpc) is 2.65. The van der Waals surface area contributed by atoms with Gasteiger partial charge in [0.1, 0.15) is 4.90 Å². The van der Waals surface area contributed by atoms with Crippen LogP contribution in [-0.4, -0.2) is 31.0 Å². The normalized spacial score (nSPS) is 12.9. The molecule has 0 radical (unpaired) electrons. The monoisotopic (exact) mass is 421 g/mol. The lowest BCUT2D eigenvalue weighted by atomic mass is 9.93. The first-order chi connectivity index (χ1) is 13.5. The third kappa shape index (κ3) is 5.53. The van der Waals surface area contributed by atoms with E-state index < -0.39 is 31.3 Å². The van der Waals surface area contributed by atoms with Crippen LogP contribution in [0.15, 0.2) is 41.3 Å². The summed E-state index contributed by atoms with van der Waals surface area (Å²) in [7, 11) is -4.14. The van der Waals surface area contributed by atoms with Crippen molar-refractivity contribution in [2.24, 2.45) is 11.7 Å². The molecule has 1 unspecified atom stereocenters. The summed E-state index contributed by atoms with van der Waals surface area (Å²) in [5.74, 6) is -0.835. The summed E-state index contributed by atoms with van der Waals surface area (Å²) in [6.45, 7) is 5.61. The van der Waals surface area contributed by atoms with Crippen LogP contribution in [0.25, 0.3) is 11.1 Å². The molecule has 158 valence electrons. The van der Waals surface area contributed by atoms with Gasteiger partial charge in [-0.25, -0.2) is 13.1 Å². The number of nitrogens with zero attached hydrogens (tertiary/aromatic N) is 1. The van der Waals surface area contributed by atoms with Crippen molar-refractivity contribution >= 4 is 15.7 Å². The molecule has 2 rings (SSSR count). The second-order valence-corrected chi connectivity index (χ2v) is 9.23. The minimum absolute atomic E-state index is 0.0306. The van der Waals surface area contributed by atoms with Crippen LogP contribution in [0.2, 0.25) is 0 Å². The zero-order chi connectivity index (χ0) is 21.8. The molecule has 0 aromatic heterocycles. The lowest BCUT2D eigenvalue weighted by Gasteiger charge is -2.17. The number of rotatable bonds is 9. The molecule has 0 amide bonds. The first-order valence-corrected chi connectivity index (χ1v) is 10.9. The quantitative estimate of drug-likeness (QED) is 0.420. The van der Waals surface area contributed by atoms with Gasteiger partial charge in [0, 0.05) is 12.6 Å². The van der Waals surface area contributed by atoms with E-state index in [2.05, 4.69) is 4.72 Å². The molecule has 0 bridgehead atoms. The van der Waals surface area contributed by atoms with Crippen molar-refractivity contribution in [2.75, 3.05) is 6.54 Å². The fourth-order valence-corrected chi connectivity index (χ4v) is 4.29. The molecule has 8 nitrogen and oxygen atoms in total. The van der Waals surface area contributed by atoms with Crippen molar-refractivity contribution in [3.05, 3.63) is 52.1 Å². The van der Waals surface area contributed by atoms with Gasteiger partial charge in [0.25, 0.3) is 0 Å². The number of aromatic hydroxyl groups is 1. The van der Waals surface area contributed by atoms with Crippen molar-refractivity contribution in [3.8, 4) is 16.9 Å². The fourth-order valence-electron chi connectivity index (χ4n) is 2.93. The molecule has 0 spiro atoms. The summed E-state index contributed by atoms with van der Waals surface area (Å²) in [5.41, 5.74) is 6.40. The van der Waals surface area contributed by atoms with Crippen LogP contribution in [0.5, 0.6) is 5.75 Å². The first kappa shape index (κ1) is 22.8. The van der Waals surface area contributed by atoms with Crippen LogP contribution >= 0.6 is 0 Å². The molecule has 2 aromatic carbocycles. The van der Waals surface area contributed by atoms with Crippen LogP contribution in [-0.2, 0) is 16.4 Å². The minimum Gasteiger partial charge on any atom is -0.501 e. The summed E-state index contributed by atoms with van der Waals surface area (Å²) < 4.78 is 27.9. The zero-order valence-electron chi connectivity index (χ0n) is 16.8. The third-order valence-electron chi connectivity index (χ3n) is 4.41. The molecule has 9 heteroatoms. The van der Waals surface area contributed by atoms with Gasteiger partial charge in [0.15, 0.2) is 0 Å². The van der Waals surface area contributed by atoms with Gasteiger partial charge >= 0.3 is 5.69 Å². The summed E-state index contributed by atoms with van der Waals surface area (Å²) in [5, 5.41) is 22.5. The number of nitro groups is 1. The average molecular weight is 422 g/mol. The van der Waals surface area contributed by atoms with Crippen molar-refractivity contribution in [2.45, 2.75) is 44.6 Å². The van der Waals surface area contributed by atoms with Crippen LogP contribution in [0.3, 0.4) is 0 Å². The number of sulfonamides is 1. The molecule has 0 aliphatic heterocycles. The lowest BCUT2D eigenvalue weighted by Crippen LogP contribution is -2.28. The van der Waals surface area contributed by atoms with Crippen LogP contribution in [0, 0.1) is 16.0 Å².